The molecular weight excluding hydrogens is 210 g/mol. The van der Waals surface area contributed by atoms with Crippen molar-refractivity contribution in [2.75, 3.05) is 0 Å². The average molecular weight is 231 g/mol. The molecule has 1 aromatic rings. The minimum absolute atomic E-state index is 0.727. The van der Waals surface area contributed by atoms with Crippen LogP contribution >= 0.6 is 0 Å². The molecule has 0 spiro atoms. The quantitative estimate of drug-likeness (QED) is 0.783. The molecule has 4 fully saturated rings. The van der Waals surface area contributed by atoms with Crippen LogP contribution in [0, 0.1) is 23.7 Å². The summed E-state index contributed by atoms with van der Waals surface area (Å²) in [5, 5.41) is 8.58. The zero-order valence-electron chi connectivity index (χ0n) is 10.5. The van der Waals surface area contributed by atoms with Crippen molar-refractivity contribution in [2.24, 2.45) is 23.7 Å². The normalized spacial score (nSPS) is 43.2. The molecule has 4 bridgehead atoms. The Labute approximate surface area is 103 Å². The molecule has 1 aromatic heterocycles. The maximum atomic E-state index is 4.45. The summed E-state index contributed by atoms with van der Waals surface area (Å²) in [5.41, 5.74) is 0. The Bertz CT molecular complexity index is 395. The van der Waals surface area contributed by atoms with Gasteiger partial charge in [-0.05, 0) is 62.7 Å². The first-order valence-corrected chi connectivity index (χ1v) is 7.22. The van der Waals surface area contributed by atoms with E-state index < -0.39 is 0 Å². The van der Waals surface area contributed by atoms with Gasteiger partial charge in [-0.25, -0.2) is 0 Å². The third kappa shape index (κ3) is 1.40. The molecule has 0 N–H and O–H groups in total. The van der Waals surface area contributed by atoms with Crippen LogP contribution in [0.5, 0.6) is 0 Å². The van der Waals surface area contributed by atoms with Crippen LogP contribution in [0.15, 0.2) is 6.33 Å². The van der Waals surface area contributed by atoms with Crippen molar-refractivity contribution in [2.45, 2.75) is 51.5 Å². The van der Waals surface area contributed by atoms with Crippen LogP contribution in [0.1, 0.15) is 50.8 Å². The van der Waals surface area contributed by atoms with Crippen molar-refractivity contribution in [3.8, 4) is 0 Å². The van der Waals surface area contributed by atoms with Gasteiger partial charge in [0.1, 0.15) is 12.2 Å². The van der Waals surface area contributed by atoms with Crippen LogP contribution in [-0.4, -0.2) is 14.8 Å². The minimum atomic E-state index is 0.727. The Morgan fingerprint density at radius 2 is 1.76 bits per heavy atom. The van der Waals surface area contributed by atoms with E-state index in [1.165, 1.54) is 37.9 Å². The molecule has 3 heteroatoms. The second-order valence-corrected chi connectivity index (χ2v) is 6.43. The van der Waals surface area contributed by atoms with E-state index in [0.29, 0.717) is 0 Å². The smallest absolute Gasteiger partial charge is 0.136 e. The summed E-state index contributed by atoms with van der Waals surface area (Å²) < 4.78 is 2.27. The third-order valence-corrected chi connectivity index (χ3v) is 5.51. The Balaban J connectivity index is 1.70. The first-order chi connectivity index (χ1) is 8.35. The molecule has 0 aliphatic heterocycles. The molecule has 0 radical (unpaired) electrons. The Morgan fingerprint density at radius 3 is 2.35 bits per heavy atom. The monoisotopic (exact) mass is 231 g/mol. The zero-order chi connectivity index (χ0) is 11.4. The van der Waals surface area contributed by atoms with Crippen LogP contribution in [0.4, 0.5) is 0 Å². The fourth-order valence-corrected chi connectivity index (χ4v) is 5.11. The van der Waals surface area contributed by atoms with Gasteiger partial charge in [-0.15, -0.1) is 10.2 Å². The second-order valence-electron chi connectivity index (χ2n) is 6.43. The largest absolute Gasteiger partial charge is 0.318 e. The van der Waals surface area contributed by atoms with Gasteiger partial charge in [0.2, 0.25) is 0 Å². The molecule has 0 atom stereocenters. The van der Waals surface area contributed by atoms with Crippen LogP contribution in [0.2, 0.25) is 0 Å². The van der Waals surface area contributed by atoms with E-state index >= 15 is 0 Å². The van der Waals surface area contributed by atoms with E-state index in [0.717, 1.165) is 36.1 Å². The number of hydrogen-bond donors (Lipinski definition) is 0. The van der Waals surface area contributed by atoms with Crippen molar-refractivity contribution in [3.05, 3.63) is 12.2 Å². The minimum Gasteiger partial charge on any atom is -0.318 e. The van der Waals surface area contributed by atoms with Crippen LogP contribution in [0.3, 0.4) is 0 Å². The molecule has 0 amide bonds. The van der Waals surface area contributed by atoms with E-state index in [1.54, 1.807) is 0 Å². The lowest BCUT2D eigenvalue weighted by Gasteiger charge is -2.54. The highest BCUT2D eigenvalue weighted by atomic mass is 15.3. The predicted octanol–water partition coefficient (Wildman–Crippen LogP) is 2.84. The number of nitrogens with zero attached hydrogens (tertiary/aromatic N) is 3. The Hall–Kier alpha value is -0.860. The molecule has 0 saturated heterocycles. The third-order valence-electron chi connectivity index (χ3n) is 5.51. The molecule has 0 aromatic carbocycles. The van der Waals surface area contributed by atoms with Crippen molar-refractivity contribution in [3.63, 3.8) is 0 Å². The second kappa shape index (κ2) is 3.56. The molecule has 0 unspecified atom stereocenters. The number of aromatic nitrogens is 3. The van der Waals surface area contributed by atoms with Gasteiger partial charge < -0.3 is 4.57 Å². The highest BCUT2D eigenvalue weighted by molar-refractivity contribution is 5.10. The summed E-state index contributed by atoms with van der Waals surface area (Å²) in [6.07, 6.45) is 9.31. The van der Waals surface area contributed by atoms with Gasteiger partial charge in [0.15, 0.2) is 0 Å². The molecule has 4 aliphatic rings. The molecule has 92 valence electrons. The Kier molecular flexibility index (Phi) is 2.12. The molecule has 4 saturated carbocycles. The van der Waals surface area contributed by atoms with E-state index in [1.807, 2.05) is 6.33 Å². The van der Waals surface area contributed by atoms with Gasteiger partial charge in [0, 0.05) is 12.5 Å². The molecule has 3 nitrogen and oxygen atoms in total. The summed E-state index contributed by atoms with van der Waals surface area (Å²) in [6, 6.07) is 0. The SMILES string of the molecule is CCn1cnnc1C1C2CC3CC(C2)CC1C3. The lowest BCUT2D eigenvalue weighted by molar-refractivity contribution is -0.00682. The fourth-order valence-electron chi connectivity index (χ4n) is 5.11. The topological polar surface area (TPSA) is 30.7 Å². The summed E-state index contributed by atoms with van der Waals surface area (Å²) in [4.78, 5) is 0. The van der Waals surface area contributed by atoms with E-state index in [9.17, 15) is 0 Å². The average Bonchev–Trinajstić information content (AvgIpc) is 2.75. The zero-order valence-corrected chi connectivity index (χ0v) is 10.5. The first-order valence-electron chi connectivity index (χ1n) is 7.22. The molecule has 17 heavy (non-hydrogen) atoms. The van der Waals surface area contributed by atoms with Gasteiger partial charge in [-0.1, -0.05) is 0 Å². The number of rotatable bonds is 2. The summed E-state index contributed by atoms with van der Waals surface area (Å²) >= 11 is 0. The van der Waals surface area contributed by atoms with Crippen LogP contribution < -0.4 is 0 Å². The molecular formula is C14H21N3. The van der Waals surface area contributed by atoms with Gasteiger partial charge in [-0.2, -0.15) is 0 Å². The maximum absolute atomic E-state index is 4.45. The van der Waals surface area contributed by atoms with Gasteiger partial charge in [0.25, 0.3) is 0 Å². The summed E-state index contributed by atoms with van der Waals surface area (Å²) in [7, 11) is 0. The number of aryl methyl sites for hydroxylation is 1. The van der Waals surface area contributed by atoms with Crippen LogP contribution in [-0.2, 0) is 6.54 Å². The van der Waals surface area contributed by atoms with E-state index in [4.69, 9.17) is 0 Å². The highest BCUT2D eigenvalue weighted by Gasteiger charge is 2.49. The lowest BCUT2D eigenvalue weighted by atomic mass is 9.51. The standard InChI is InChI=1S/C14H21N3/c1-2-17-8-15-16-14(17)13-11-4-9-3-10(6-11)7-12(13)5-9/h8-13H,2-7H2,1H3. The van der Waals surface area contributed by atoms with Gasteiger partial charge in [0.05, 0.1) is 0 Å². The summed E-state index contributed by atoms with van der Waals surface area (Å²) in [6.45, 7) is 3.22. The van der Waals surface area contributed by atoms with Crippen molar-refractivity contribution < 1.29 is 0 Å². The van der Waals surface area contributed by atoms with Crippen molar-refractivity contribution >= 4 is 0 Å². The fraction of sp³-hybridized carbons (Fsp3) is 0.857. The van der Waals surface area contributed by atoms with Gasteiger partial charge >= 0.3 is 0 Å². The molecule has 4 aliphatic carbocycles. The van der Waals surface area contributed by atoms with E-state index in [-0.39, 0.29) is 0 Å². The van der Waals surface area contributed by atoms with Gasteiger partial charge in [-0.3, -0.25) is 0 Å². The van der Waals surface area contributed by atoms with Crippen molar-refractivity contribution in [1.82, 2.24) is 14.8 Å². The van der Waals surface area contributed by atoms with E-state index in [2.05, 4.69) is 21.7 Å². The first kappa shape index (κ1) is 10.1. The lowest BCUT2D eigenvalue weighted by Crippen LogP contribution is -2.44. The number of hydrogen-bond acceptors (Lipinski definition) is 2. The highest BCUT2D eigenvalue weighted by Crippen LogP contribution is 2.59. The van der Waals surface area contributed by atoms with Crippen molar-refractivity contribution in [1.29, 1.82) is 0 Å². The molecule has 5 rings (SSSR count). The predicted molar refractivity (Wildman–Crippen MR) is 65.5 cm³/mol. The Morgan fingerprint density at radius 1 is 1.12 bits per heavy atom. The van der Waals surface area contributed by atoms with Crippen LogP contribution in [0.25, 0.3) is 0 Å². The maximum Gasteiger partial charge on any atom is 0.136 e. The molecule has 1 heterocycles. The summed E-state index contributed by atoms with van der Waals surface area (Å²) in [5.74, 6) is 5.95.